The number of nitrogens with one attached hydrogen (secondary N) is 4. The largest absolute Gasteiger partial charge is 0.486 e. The molecule has 0 saturated heterocycles. The highest BCUT2D eigenvalue weighted by Crippen LogP contribution is 2.35. The average molecular weight is 502 g/mol. The van der Waals surface area contributed by atoms with Crippen molar-refractivity contribution in [3.8, 4) is 11.5 Å². The molecule has 0 bridgehead atoms. The summed E-state index contributed by atoms with van der Waals surface area (Å²) >= 11 is 12.1. The number of ether oxygens (including phenoxy) is 2. The minimum Gasteiger partial charge on any atom is -0.486 e. The van der Waals surface area contributed by atoms with E-state index in [1.807, 2.05) is 0 Å². The van der Waals surface area contributed by atoms with Gasteiger partial charge >= 0.3 is 0 Å². The zero-order chi connectivity index (χ0) is 23.8. The van der Waals surface area contributed by atoms with Crippen LogP contribution in [-0.4, -0.2) is 35.0 Å². The molecule has 0 saturated carbocycles. The number of amides is 2. The summed E-state index contributed by atoms with van der Waals surface area (Å²) in [6, 6.07) is 9.72. The molecule has 1 atom stereocenters. The fraction of sp³-hybridized carbons (Fsp3) is 0.182. The van der Waals surface area contributed by atoms with Crippen molar-refractivity contribution in [1.82, 2.24) is 9.97 Å². The van der Waals surface area contributed by atoms with Crippen LogP contribution in [-0.2, 0) is 9.59 Å². The van der Waals surface area contributed by atoms with Crippen molar-refractivity contribution in [2.75, 3.05) is 29.2 Å². The molecule has 4 N–H and O–H groups in total. The second-order valence-electron chi connectivity index (χ2n) is 7.58. The van der Waals surface area contributed by atoms with E-state index in [4.69, 9.17) is 32.7 Å². The zero-order valence-corrected chi connectivity index (χ0v) is 18.9. The van der Waals surface area contributed by atoms with E-state index in [-0.39, 0.29) is 23.8 Å². The normalized spacial score (nSPS) is 16.3. The Morgan fingerprint density at radius 1 is 1.06 bits per heavy atom. The SMILES string of the molecule is O=C1CC(C(=O)Nc2ccc3c(c2)OCCO3)c2c(nc(Nc3ccc(Cl)cc3Cl)[nH]c2=O)N1. The summed E-state index contributed by atoms with van der Waals surface area (Å²) in [5.74, 6) is -0.891. The number of benzene rings is 2. The van der Waals surface area contributed by atoms with Crippen molar-refractivity contribution in [2.45, 2.75) is 12.3 Å². The minimum absolute atomic E-state index is 0.00471. The van der Waals surface area contributed by atoms with Gasteiger partial charge in [-0.15, -0.1) is 0 Å². The highest BCUT2D eigenvalue weighted by Gasteiger charge is 2.35. The third kappa shape index (κ3) is 4.37. The first-order valence-corrected chi connectivity index (χ1v) is 11.0. The molecule has 0 radical (unpaired) electrons. The summed E-state index contributed by atoms with van der Waals surface area (Å²) in [6.07, 6.45) is -0.204. The number of H-pyrrole nitrogens is 1. The van der Waals surface area contributed by atoms with Crippen LogP contribution in [0.4, 0.5) is 23.1 Å². The number of rotatable bonds is 4. The number of hydrogen-bond donors (Lipinski definition) is 4. The monoisotopic (exact) mass is 501 g/mol. The topological polar surface area (TPSA) is 134 Å². The van der Waals surface area contributed by atoms with Gasteiger partial charge in [0.1, 0.15) is 19.0 Å². The lowest BCUT2D eigenvalue weighted by Crippen LogP contribution is -2.36. The van der Waals surface area contributed by atoms with Gasteiger partial charge in [0, 0.05) is 23.2 Å². The van der Waals surface area contributed by atoms with Crippen molar-refractivity contribution in [3.05, 3.63) is 62.4 Å². The van der Waals surface area contributed by atoms with Crippen molar-refractivity contribution in [2.24, 2.45) is 0 Å². The van der Waals surface area contributed by atoms with E-state index in [0.29, 0.717) is 46.1 Å². The molecule has 12 heteroatoms. The Morgan fingerprint density at radius 2 is 1.85 bits per heavy atom. The van der Waals surface area contributed by atoms with Crippen LogP contribution in [0.5, 0.6) is 11.5 Å². The first-order valence-electron chi connectivity index (χ1n) is 10.2. The van der Waals surface area contributed by atoms with Gasteiger partial charge in [-0.1, -0.05) is 23.2 Å². The smallest absolute Gasteiger partial charge is 0.258 e. The van der Waals surface area contributed by atoms with Gasteiger partial charge in [-0.05, 0) is 30.3 Å². The standard InChI is InChI=1S/C22H17Cl2N5O5/c23-10-1-3-14(13(24)7-10)26-22-28-19-18(21(32)29-22)12(9-17(30)27-19)20(31)25-11-2-4-15-16(8-11)34-6-5-33-15/h1-4,7-8,12H,5-6,9H2,(H,25,31)(H3,26,27,28,29,30,32). The number of halogens is 2. The molecule has 1 unspecified atom stereocenters. The quantitative estimate of drug-likeness (QED) is 0.428. The van der Waals surface area contributed by atoms with Gasteiger partial charge in [-0.3, -0.25) is 19.4 Å². The number of anilines is 4. The van der Waals surface area contributed by atoms with Crippen LogP contribution in [0.1, 0.15) is 17.9 Å². The Morgan fingerprint density at radius 3 is 2.65 bits per heavy atom. The molecule has 2 aliphatic rings. The third-order valence-corrected chi connectivity index (χ3v) is 5.81. The fourth-order valence-corrected chi connectivity index (χ4v) is 4.18. The zero-order valence-electron chi connectivity index (χ0n) is 17.4. The van der Waals surface area contributed by atoms with Gasteiger partial charge in [0.25, 0.3) is 5.56 Å². The van der Waals surface area contributed by atoms with E-state index in [9.17, 15) is 14.4 Å². The van der Waals surface area contributed by atoms with Gasteiger partial charge in [-0.2, -0.15) is 4.98 Å². The van der Waals surface area contributed by atoms with Crippen molar-refractivity contribution >= 4 is 58.2 Å². The van der Waals surface area contributed by atoms with Gasteiger partial charge < -0.3 is 25.4 Å². The Bertz CT molecular complexity index is 1380. The van der Waals surface area contributed by atoms with E-state index in [0.717, 1.165) is 0 Å². The maximum Gasteiger partial charge on any atom is 0.258 e. The molecule has 0 aliphatic carbocycles. The van der Waals surface area contributed by atoms with Crippen LogP contribution in [0, 0.1) is 0 Å². The number of aromatic nitrogens is 2. The Kier molecular flexibility index (Phi) is 5.76. The lowest BCUT2D eigenvalue weighted by molar-refractivity contribution is -0.123. The fourth-order valence-electron chi connectivity index (χ4n) is 3.72. The van der Waals surface area contributed by atoms with Gasteiger partial charge in [0.15, 0.2) is 11.5 Å². The molecular weight excluding hydrogens is 485 g/mol. The van der Waals surface area contributed by atoms with Crippen LogP contribution in [0.25, 0.3) is 0 Å². The van der Waals surface area contributed by atoms with E-state index in [1.54, 1.807) is 30.3 Å². The Hall–Kier alpha value is -3.76. The maximum absolute atomic E-state index is 13.1. The molecule has 5 rings (SSSR count). The van der Waals surface area contributed by atoms with Gasteiger partial charge in [0.05, 0.1) is 22.2 Å². The number of aromatic amines is 1. The molecule has 34 heavy (non-hydrogen) atoms. The summed E-state index contributed by atoms with van der Waals surface area (Å²) in [5.41, 5.74) is 0.383. The number of carbonyl (C=O) groups excluding carboxylic acids is 2. The summed E-state index contributed by atoms with van der Waals surface area (Å²) < 4.78 is 11.0. The molecule has 2 aromatic carbocycles. The van der Waals surface area contributed by atoms with Crippen molar-refractivity contribution < 1.29 is 19.1 Å². The number of carbonyl (C=O) groups is 2. The lowest BCUT2D eigenvalue weighted by atomic mass is 9.92. The summed E-state index contributed by atoms with van der Waals surface area (Å²) in [7, 11) is 0. The maximum atomic E-state index is 13.1. The van der Waals surface area contributed by atoms with Crippen molar-refractivity contribution in [3.63, 3.8) is 0 Å². The van der Waals surface area contributed by atoms with E-state index < -0.39 is 23.3 Å². The lowest BCUT2D eigenvalue weighted by Gasteiger charge is -2.24. The van der Waals surface area contributed by atoms with Gasteiger partial charge in [-0.25, -0.2) is 0 Å². The molecule has 0 fully saturated rings. The highest BCUT2D eigenvalue weighted by molar-refractivity contribution is 6.36. The van der Waals surface area contributed by atoms with Gasteiger partial charge in [0.2, 0.25) is 17.8 Å². The summed E-state index contributed by atoms with van der Waals surface area (Å²) in [5, 5.41) is 8.94. The van der Waals surface area contributed by atoms with Crippen LogP contribution in [0.2, 0.25) is 10.0 Å². The Balaban J connectivity index is 1.42. The summed E-state index contributed by atoms with van der Waals surface area (Å²) in [6.45, 7) is 0.850. The second kappa shape index (κ2) is 8.88. The molecule has 174 valence electrons. The van der Waals surface area contributed by atoms with Crippen LogP contribution in [0.15, 0.2) is 41.2 Å². The predicted octanol–water partition coefficient (Wildman–Crippen LogP) is 3.66. The predicted molar refractivity (Wildman–Crippen MR) is 127 cm³/mol. The minimum atomic E-state index is -1.04. The van der Waals surface area contributed by atoms with Crippen LogP contribution in [0.3, 0.4) is 0 Å². The van der Waals surface area contributed by atoms with E-state index in [2.05, 4.69) is 25.9 Å². The molecule has 3 heterocycles. The highest BCUT2D eigenvalue weighted by atomic mass is 35.5. The molecule has 2 aliphatic heterocycles. The molecule has 3 aromatic rings. The molecular formula is C22H17Cl2N5O5. The second-order valence-corrected chi connectivity index (χ2v) is 8.42. The van der Waals surface area contributed by atoms with Crippen molar-refractivity contribution in [1.29, 1.82) is 0 Å². The average Bonchev–Trinajstić information content (AvgIpc) is 2.80. The number of nitrogens with zero attached hydrogens (tertiary/aromatic N) is 1. The van der Waals surface area contributed by atoms with E-state index >= 15 is 0 Å². The van der Waals surface area contributed by atoms with E-state index in [1.165, 1.54) is 6.07 Å². The van der Waals surface area contributed by atoms with Crippen LogP contribution < -0.4 is 31.0 Å². The Labute approximate surface area is 202 Å². The molecule has 2 amide bonds. The molecule has 0 spiro atoms. The first-order chi connectivity index (χ1) is 16.4. The number of fused-ring (bicyclic) bond motifs is 2. The number of hydrogen-bond acceptors (Lipinski definition) is 7. The molecule has 10 nitrogen and oxygen atoms in total. The molecule has 1 aromatic heterocycles. The van der Waals surface area contributed by atoms with Crippen LogP contribution >= 0.6 is 23.2 Å². The first kappa shape index (κ1) is 22.1. The third-order valence-electron chi connectivity index (χ3n) is 5.26. The summed E-state index contributed by atoms with van der Waals surface area (Å²) in [4.78, 5) is 45.2.